The number of halogens is 3. The predicted octanol–water partition coefficient (Wildman–Crippen LogP) is 4.86. The fraction of sp³-hybridized carbons (Fsp3) is 0.143. The quantitative estimate of drug-likeness (QED) is 0.807. The molecule has 2 nitrogen and oxygen atoms in total. The van der Waals surface area contributed by atoms with Gasteiger partial charge in [0.25, 0.3) is 0 Å². The van der Waals surface area contributed by atoms with Crippen molar-refractivity contribution >= 4 is 31.9 Å². The zero-order chi connectivity index (χ0) is 13.8. The molecule has 0 aliphatic rings. The third-order valence-corrected chi connectivity index (χ3v) is 3.41. The fourth-order valence-corrected chi connectivity index (χ4v) is 2.46. The molecule has 0 aromatic heterocycles. The normalized spacial score (nSPS) is 10.5. The van der Waals surface area contributed by atoms with Crippen molar-refractivity contribution in [3.63, 3.8) is 0 Å². The Labute approximate surface area is 128 Å². The molecule has 0 aliphatic carbocycles. The molecule has 0 amide bonds. The molecule has 0 aliphatic heterocycles. The Balaban J connectivity index is 2.33. The van der Waals surface area contributed by atoms with Crippen LogP contribution in [0.5, 0.6) is 11.5 Å². The first-order valence-electron chi connectivity index (χ1n) is 5.65. The van der Waals surface area contributed by atoms with Gasteiger partial charge in [-0.1, -0.05) is 37.9 Å². The van der Waals surface area contributed by atoms with Gasteiger partial charge in [0, 0.05) is 27.1 Å². The summed E-state index contributed by atoms with van der Waals surface area (Å²) < 4.78 is 20.7. The molecule has 2 aromatic carbocycles. The van der Waals surface area contributed by atoms with E-state index in [2.05, 4.69) is 37.2 Å². The molecule has 19 heavy (non-hydrogen) atoms. The van der Waals surface area contributed by atoms with Gasteiger partial charge >= 0.3 is 0 Å². The largest absolute Gasteiger partial charge is 0.457 e. The zero-order valence-corrected chi connectivity index (χ0v) is 13.4. The Morgan fingerprint density at radius 3 is 2.58 bits per heavy atom. The lowest BCUT2D eigenvalue weighted by Gasteiger charge is -2.12. The Morgan fingerprint density at radius 1 is 1.11 bits per heavy atom. The van der Waals surface area contributed by atoms with Crippen molar-refractivity contribution in [3.05, 3.63) is 56.7 Å². The molecule has 0 heterocycles. The fourth-order valence-electron chi connectivity index (χ4n) is 1.67. The predicted molar refractivity (Wildman–Crippen MR) is 81.1 cm³/mol. The van der Waals surface area contributed by atoms with Gasteiger partial charge in [-0.3, -0.25) is 0 Å². The van der Waals surface area contributed by atoms with E-state index >= 15 is 0 Å². The smallest absolute Gasteiger partial charge is 0.133 e. The van der Waals surface area contributed by atoms with Crippen LogP contribution in [0.25, 0.3) is 0 Å². The topological polar surface area (TPSA) is 21.3 Å². The summed E-state index contributed by atoms with van der Waals surface area (Å²) in [4.78, 5) is 0. The maximum Gasteiger partial charge on any atom is 0.133 e. The Hall–Kier alpha value is -0.910. The molecule has 2 rings (SSSR count). The van der Waals surface area contributed by atoms with E-state index in [1.54, 1.807) is 6.07 Å². The van der Waals surface area contributed by atoms with Gasteiger partial charge in [-0.25, -0.2) is 4.39 Å². The van der Waals surface area contributed by atoms with Crippen LogP contribution in [0, 0.1) is 5.82 Å². The van der Waals surface area contributed by atoms with Crippen molar-refractivity contribution in [3.8, 4) is 11.5 Å². The highest BCUT2D eigenvalue weighted by Gasteiger charge is 2.07. The summed E-state index contributed by atoms with van der Waals surface area (Å²) in [6.45, 7) is 0.680. The molecule has 0 radical (unpaired) electrons. The minimum absolute atomic E-state index is 0.338. The van der Waals surface area contributed by atoms with Crippen LogP contribution in [-0.2, 0) is 6.54 Å². The van der Waals surface area contributed by atoms with Gasteiger partial charge in [0.05, 0.1) is 0 Å². The summed E-state index contributed by atoms with van der Waals surface area (Å²) in [7, 11) is 1.87. The second kappa shape index (κ2) is 6.50. The second-order valence-corrected chi connectivity index (χ2v) is 5.82. The van der Waals surface area contributed by atoms with Gasteiger partial charge in [-0.05, 0) is 31.3 Å². The molecule has 100 valence electrons. The highest BCUT2D eigenvalue weighted by molar-refractivity contribution is 9.10. The molecular formula is C14H12Br2FNO. The van der Waals surface area contributed by atoms with Crippen LogP contribution in [0.2, 0.25) is 0 Å². The lowest BCUT2D eigenvalue weighted by atomic mass is 10.2. The van der Waals surface area contributed by atoms with E-state index in [-0.39, 0.29) is 5.82 Å². The van der Waals surface area contributed by atoms with Crippen molar-refractivity contribution in [2.45, 2.75) is 6.54 Å². The van der Waals surface area contributed by atoms with Gasteiger partial charge in [0.2, 0.25) is 0 Å². The van der Waals surface area contributed by atoms with E-state index in [1.807, 2.05) is 25.2 Å². The third-order valence-electron chi connectivity index (χ3n) is 2.46. The van der Waals surface area contributed by atoms with Crippen molar-refractivity contribution in [2.24, 2.45) is 0 Å². The Bertz CT molecular complexity index is 569. The average Bonchev–Trinajstić information content (AvgIpc) is 2.31. The monoisotopic (exact) mass is 387 g/mol. The van der Waals surface area contributed by atoms with Crippen molar-refractivity contribution in [2.75, 3.05) is 7.05 Å². The van der Waals surface area contributed by atoms with Crippen LogP contribution >= 0.6 is 31.9 Å². The molecule has 0 unspecified atom stereocenters. The number of hydrogen-bond acceptors (Lipinski definition) is 2. The van der Waals surface area contributed by atoms with Gasteiger partial charge in [0.1, 0.15) is 17.3 Å². The molecule has 5 heteroatoms. The van der Waals surface area contributed by atoms with Crippen molar-refractivity contribution in [1.82, 2.24) is 5.32 Å². The second-order valence-electron chi connectivity index (χ2n) is 3.99. The van der Waals surface area contributed by atoms with Gasteiger partial charge in [0.15, 0.2) is 0 Å². The molecule has 0 bridgehead atoms. The van der Waals surface area contributed by atoms with E-state index in [4.69, 9.17) is 4.74 Å². The molecule has 0 saturated heterocycles. The van der Waals surface area contributed by atoms with Crippen LogP contribution in [0.1, 0.15) is 5.56 Å². The summed E-state index contributed by atoms with van der Waals surface area (Å²) in [5, 5.41) is 3.07. The molecule has 0 spiro atoms. The van der Waals surface area contributed by atoms with E-state index in [9.17, 15) is 4.39 Å². The number of benzene rings is 2. The lowest BCUT2D eigenvalue weighted by Crippen LogP contribution is -2.06. The lowest BCUT2D eigenvalue weighted by molar-refractivity contribution is 0.468. The minimum Gasteiger partial charge on any atom is -0.457 e. The highest BCUT2D eigenvalue weighted by Crippen LogP contribution is 2.30. The Morgan fingerprint density at radius 2 is 1.89 bits per heavy atom. The van der Waals surface area contributed by atoms with Gasteiger partial charge in [-0.2, -0.15) is 0 Å². The highest BCUT2D eigenvalue weighted by atomic mass is 79.9. The first-order valence-corrected chi connectivity index (χ1v) is 7.24. The van der Waals surface area contributed by atoms with E-state index in [0.717, 1.165) is 10.0 Å². The van der Waals surface area contributed by atoms with E-state index in [1.165, 1.54) is 12.1 Å². The average molecular weight is 389 g/mol. The summed E-state index contributed by atoms with van der Waals surface area (Å²) in [5.74, 6) is 0.818. The number of rotatable bonds is 4. The maximum absolute atomic E-state index is 13.3. The van der Waals surface area contributed by atoms with E-state index < -0.39 is 0 Å². The molecular weight excluding hydrogens is 377 g/mol. The van der Waals surface area contributed by atoms with Gasteiger partial charge < -0.3 is 10.1 Å². The molecule has 0 saturated carbocycles. The van der Waals surface area contributed by atoms with Crippen LogP contribution in [0.3, 0.4) is 0 Å². The van der Waals surface area contributed by atoms with Gasteiger partial charge in [-0.15, -0.1) is 0 Å². The summed E-state index contributed by atoms with van der Waals surface area (Å²) in [5.41, 5.74) is 1.01. The van der Waals surface area contributed by atoms with Crippen molar-refractivity contribution in [1.29, 1.82) is 0 Å². The standard InChI is InChI=1S/C14H12Br2FNO/c1-18-8-9-2-3-10(15)6-14(9)19-13-5-11(16)4-12(17)7-13/h2-7,18H,8H2,1H3. The first kappa shape index (κ1) is 14.5. The van der Waals surface area contributed by atoms with Crippen LogP contribution in [-0.4, -0.2) is 7.05 Å². The summed E-state index contributed by atoms with van der Waals surface area (Å²) in [6, 6.07) is 10.3. The minimum atomic E-state index is -0.338. The zero-order valence-electron chi connectivity index (χ0n) is 10.2. The summed E-state index contributed by atoms with van der Waals surface area (Å²) in [6.07, 6.45) is 0. The summed E-state index contributed by atoms with van der Waals surface area (Å²) >= 11 is 6.65. The number of hydrogen-bond donors (Lipinski definition) is 1. The molecule has 1 N–H and O–H groups in total. The SMILES string of the molecule is CNCc1ccc(Br)cc1Oc1cc(F)cc(Br)c1. The molecule has 0 fully saturated rings. The third kappa shape index (κ3) is 4.03. The Kier molecular flexibility index (Phi) is 4.96. The van der Waals surface area contributed by atoms with Crippen LogP contribution < -0.4 is 10.1 Å². The molecule has 2 aromatic rings. The number of ether oxygens (including phenoxy) is 1. The van der Waals surface area contributed by atoms with Crippen LogP contribution in [0.15, 0.2) is 45.3 Å². The molecule has 0 atom stereocenters. The first-order chi connectivity index (χ1) is 9.08. The maximum atomic E-state index is 13.3. The van der Waals surface area contributed by atoms with Crippen LogP contribution in [0.4, 0.5) is 4.39 Å². The van der Waals surface area contributed by atoms with Crippen molar-refractivity contribution < 1.29 is 9.13 Å². The van der Waals surface area contributed by atoms with E-state index in [0.29, 0.717) is 22.5 Å². The number of nitrogens with one attached hydrogen (secondary N) is 1.